The summed E-state index contributed by atoms with van der Waals surface area (Å²) in [5.41, 5.74) is 10.1. The zero-order valence-corrected chi connectivity index (χ0v) is 18.4. The molecule has 0 aromatic heterocycles. The Morgan fingerprint density at radius 2 is 2.10 bits per heavy atom. The number of nitrogens with one attached hydrogen (secondary N) is 2. The Morgan fingerprint density at radius 3 is 2.52 bits per heavy atom. The maximum Gasteiger partial charge on any atom is 0.333 e. The predicted octanol–water partition coefficient (Wildman–Crippen LogP) is 3.45. The molecule has 1 aliphatic carbocycles. The molecule has 1 radical (unpaired) electrons. The van der Waals surface area contributed by atoms with E-state index < -0.39 is 0 Å². The molecule has 1 aliphatic rings. The van der Waals surface area contributed by atoms with Gasteiger partial charge in [-0.15, -0.1) is 6.04 Å². The van der Waals surface area contributed by atoms with Crippen LogP contribution in [0.15, 0.2) is 23.9 Å². The second kappa shape index (κ2) is 10.0. The normalized spacial score (nSPS) is 22.3. The van der Waals surface area contributed by atoms with E-state index in [9.17, 15) is 4.79 Å². The van der Waals surface area contributed by atoms with E-state index in [-0.39, 0.29) is 68.0 Å². The molecule has 4 nitrogen and oxygen atoms in total. The molecule has 0 saturated carbocycles. The van der Waals surface area contributed by atoms with Gasteiger partial charge in [0.05, 0.1) is 7.11 Å². The fourth-order valence-corrected chi connectivity index (χ4v) is 3.00. The third-order valence-corrected chi connectivity index (χ3v) is 4.15. The quantitative estimate of drug-likeness (QED) is 0.539. The van der Waals surface area contributed by atoms with Crippen LogP contribution in [0.5, 0.6) is 0 Å². The molecule has 2 N–H and O–H groups in total. The summed E-state index contributed by atoms with van der Waals surface area (Å²) in [6, 6.07) is -0.131. The Balaban J connectivity index is 0.00000400. The Kier molecular flexibility index (Phi) is 10.1. The molecule has 1 rings (SSSR count). The predicted molar refractivity (Wildman–Crippen MR) is 82.1 cm³/mol. The van der Waals surface area contributed by atoms with E-state index in [1.165, 1.54) is 7.11 Å². The second-order valence-electron chi connectivity index (χ2n) is 5.60. The minimum absolute atomic E-state index is 0. The first-order valence-corrected chi connectivity index (χ1v) is 7.36. The van der Waals surface area contributed by atoms with Crippen LogP contribution in [0.1, 0.15) is 40.0 Å². The summed E-state index contributed by atoms with van der Waals surface area (Å²) in [5, 5.41) is 3.31. The number of methoxy groups -OCH3 is 1. The van der Waals surface area contributed by atoms with Crippen molar-refractivity contribution in [3.8, 4) is 0 Å². The Hall–Kier alpha value is 0.152. The number of hydrogen-bond acceptors (Lipinski definition) is 3. The molecule has 1 unspecified atom stereocenters. The zero-order valence-electron chi connectivity index (χ0n) is 13.6. The van der Waals surface area contributed by atoms with Gasteiger partial charge in [-0.25, -0.2) is 4.79 Å². The molecule has 5 heteroatoms. The molecule has 0 heterocycles. The van der Waals surface area contributed by atoms with Crippen molar-refractivity contribution in [2.24, 2.45) is 11.8 Å². The van der Waals surface area contributed by atoms with Crippen LogP contribution in [-0.4, -0.2) is 25.2 Å². The third kappa shape index (κ3) is 5.69. The van der Waals surface area contributed by atoms with Crippen molar-refractivity contribution < 1.29 is 53.6 Å². The second-order valence-corrected chi connectivity index (χ2v) is 5.60. The largest absolute Gasteiger partial charge is 0.674 e. The summed E-state index contributed by atoms with van der Waals surface area (Å²) in [6.07, 6.45) is 4.52. The first-order valence-electron chi connectivity index (χ1n) is 7.36. The SMILES string of the molecule is C=C(C)N[C@@H]1CC(C(=O)OC)=C[C@H]1C([NH-])C(CC)CC.[Ac]. The molecular formula is C16H27AcN2O2-. The van der Waals surface area contributed by atoms with Crippen molar-refractivity contribution in [1.82, 2.24) is 5.32 Å². The first kappa shape index (κ1) is 21.2. The molecule has 0 aromatic carbocycles. The van der Waals surface area contributed by atoms with E-state index in [2.05, 4.69) is 25.7 Å². The molecule has 0 aromatic rings. The van der Waals surface area contributed by atoms with Crippen LogP contribution < -0.4 is 5.32 Å². The molecule has 0 amide bonds. The third-order valence-electron chi connectivity index (χ3n) is 4.15. The van der Waals surface area contributed by atoms with Crippen molar-refractivity contribution in [1.29, 1.82) is 0 Å². The van der Waals surface area contributed by atoms with Crippen molar-refractivity contribution in [3.63, 3.8) is 0 Å². The van der Waals surface area contributed by atoms with Gasteiger partial charge in [-0.1, -0.05) is 45.3 Å². The van der Waals surface area contributed by atoms with Gasteiger partial charge in [0.15, 0.2) is 0 Å². The van der Waals surface area contributed by atoms with Crippen LogP contribution in [-0.2, 0) is 9.53 Å². The van der Waals surface area contributed by atoms with Gasteiger partial charge in [-0.2, -0.15) is 0 Å². The van der Waals surface area contributed by atoms with Crippen molar-refractivity contribution >= 4 is 5.97 Å². The fourth-order valence-electron chi connectivity index (χ4n) is 3.00. The van der Waals surface area contributed by atoms with Crippen LogP contribution in [0.25, 0.3) is 5.73 Å². The summed E-state index contributed by atoms with van der Waals surface area (Å²) in [6.45, 7) is 10.0. The minimum Gasteiger partial charge on any atom is -0.674 e. The molecule has 0 bridgehead atoms. The minimum atomic E-state index is -0.280. The van der Waals surface area contributed by atoms with E-state index in [0.29, 0.717) is 17.9 Å². The van der Waals surface area contributed by atoms with Gasteiger partial charge in [-0.05, 0) is 19.3 Å². The number of esters is 1. The maximum atomic E-state index is 11.7. The van der Waals surface area contributed by atoms with E-state index in [4.69, 9.17) is 10.5 Å². The summed E-state index contributed by atoms with van der Waals surface area (Å²) in [4.78, 5) is 11.7. The van der Waals surface area contributed by atoms with E-state index in [1.54, 1.807) is 0 Å². The average Bonchev–Trinajstić information content (AvgIpc) is 2.82. The molecule has 3 atom stereocenters. The van der Waals surface area contributed by atoms with Crippen LogP contribution in [0.2, 0.25) is 0 Å². The van der Waals surface area contributed by atoms with Crippen LogP contribution in [0.3, 0.4) is 0 Å². The Morgan fingerprint density at radius 1 is 1.52 bits per heavy atom. The Labute approximate surface area is 164 Å². The van der Waals surface area contributed by atoms with Gasteiger partial charge < -0.3 is 15.8 Å². The molecule has 0 saturated heterocycles. The first-order chi connectivity index (χ1) is 9.44. The number of ether oxygens (including phenoxy) is 1. The summed E-state index contributed by atoms with van der Waals surface area (Å²) >= 11 is 0. The average molecular weight is 506 g/mol. The molecule has 0 aliphatic heterocycles. The monoisotopic (exact) mass is 506 g/mol. The van der Waals surface area contributed by atoms with Crippen LogP contribution in [0.4, 0.5) is 0 Å². The van der Waals surface area contributed by atoms with Gasteiger partial charge in [0.25, 0.3) is 0 Å². The maximum absolute atomic E-state index is 11.7. The van der Waals surface area contributed by atoms with Crippen LogP contribution in [0, 0.1) is 55.9 Å². The number of hydrogen-bond donors (Lipinski definition) is 1. The summed E-state index contributed by atoms with van der Waals surface area (Å²) in [7, 11) is 1.40. The van der Waals surface area contributed by atoms with Gasteiger partial charge in [-0.3, -0.25) is 0 Å². The van der Waals surface area contributed by atoms with Gasteiger partial charge in [0.1, 0.15) is 0 Å². The number of carbonyl (C=O) groups is 1. The van der Waals surface area contributed by atoms with Crippen molar-refractivity contribution in [2.75, 3.05) is 7.11 Å². The number of allylic oxidation sites excluding steroid dienone is 1. The molecule has 117 valence electrons. The topological polar surface area (TPSA) is 62.1 Å². The van der Waals surface area contributed by atoms with E-state index >= 15 is 0 Å². The van der Waals surface area contributed by atoms with Crippen LogP contribution >= 0.6 is 0 Å². The van der Waals surface area contributed by atoms with Crippen molar-refractivity contribution in [3.05, 3.63) is 29.7 Å². The zero-order chi connectivity index (χ0) is 15.3. The smallest absolute Gasteiger partial charge is 0.333 e. The Bertz CT molecular complexity index is 392. The van der Waals surface area contributed by atoms with E-state index in [1.807, 2.05) is 13.0 Å². The van der Waals surface area contributed by atoms with E-state index in [0.717, 1.165) is 18.5 Å². The molecular weight excluding hydrogens is 479 g/mol. The van der Waals surface area contributed by atoms with Crippen molar-refractivity contribution in [2.45, 2.75) is 52.1 Å². The molecule has 0 fully saturated rings. The standard InChI is InChI=1S/C16H27N2O2.Ac/c1-6-11(7-2)15(17)13-8-12(16(19)20-5)9-14(13)18-10(3)4;/h8,11,13-15,17-18H,3,6-7,9H2,1-2,4-5H3;/q-1;/t13-,14-,15?;/m1./s1. The van der Waals surface area contributed by atoms with Gasteiger partial charge in [0, 0.05) is 61.4 Å². The number of rotatable bonds is 7. The van der Waals surface area contributed by atoms with Gasteiger partial charge >= 0.3 is 5.97 Å². The fraction of sp³-hybridized carbons (Fsp3) is 0.688. The molecule has 21 heavy (non-hydrogen) atoms. The number of carbonyl (C=O) groups excluding carboxylic acids is 1. The molecule has 0 spiro atoms. The summed E-state index contributed by atoms with van der Waals surface area (Å²) < 4.78 is 4.81. The summed E-state index contributed by atoms with van der Waals surface area (Å²) in [5.74, 6) is 0.103. The van der Waals surface area contributed by atoms with Gasteiger partial charge in [0.2, 0.25) is 0 Å².